The van der Waals surface area contributed by atoms with Crippen molar-refractivity contribution in [3.8, 4) is 0 Å². The highest BCUT2D eigenvalue weighted by Gasteiger charge is 2.32. The van der Waals surface area contributed by atoms with Crippen molar-refractivity contribution in [3.63, 3.8) is 0 Å². The first-order valence-corrected chi connectivity index (χ1v) is 11.3. The maximum Gasteiger partial charge on any atom is 0.341 e. The second-order valence-electron chi connectivity index (χ2n) is 7.31. The first-order valence-electron chi connectivity index (χ1n) is 9.84. The molecule has 0 radical (unpaired) electrons. The van der Waals surface area contributed by atoms with Crippen LogP contribution in [0.4, 0.5) is 0 Å². The summed E-state index contributed by atoms with van der Waals surface area (Å²) < 4.78 is 35.1. The van der Waals surface area contributed by atoms with Crippen LogP contribution < -0.4 is 4.72 Å². The lowest BCUT2D eigenvalue weighted by Gasteiger charge is -2.29. The van der Waals surface area contributed by atoms with Crippen molar-refractivity contribution in [2.75, 3.05) is 19.7 Å². The minimum Gasteiger partial charge on any atom is -0.462 e. The predicted octanol–water partition coefficient (Wildman–Crippen LogP) is 1.68. The number of aromatic nitrogens is 1. The molecular formula is C21H27N3O5S. The molecule has 2 aromatic rings. The Hall–Kier alpha value is -2.65. The van der Waals surface area contributed by atoms with Gasteiger partial charge in [-0.25, -0.2) is 17.9 Å². The fourth-order valence-corrected chi connectivity index (χ4v) is 5.22. The third-order valence-electron chi connectivity index (χ3n) is 5.57. The third-order valence-corrected chi connectivity index (χ3v) is 7.13. The Balaban J connectivity index is 1.79. The van der Waals surface area contributed by atoms with Gasteiger partial charge in [-0.3, -0.25) is 4.79 Å². The van der Waals surface area contributed by atoms with Crippen LogP contribution in [0.25, 0.3) is 0 Å². The number of carbonyl (C=O) groups is 2. The van der Waals surface area contributed by atoms with E-state index in [0.717, 1.165) is 12.0 Å². The van der Waals surface area contributed by atoms with E-state index in [1.165, 1.54) is 5.56 Å². The Labute approximate surface area is 176 Å². The van der Waals surface area contributed by atoms with Crippen LogP contribution in [0.15, 0.2) is 29.2 Å². The van der Waals surface area contributed by atoms with Gasteiger partial charge in [-0.15, -0.1) is 0 Å². The van der Waals surface area contributed by atoms with Crippen molar-refractivity contribution in [3.05, 3.63) is 52.3 Å². The zero-order chi connectivity index (χ0) is 22.1. The molecule has 1 aromatic heterocycles. The third kappa shape index (κ3) is 4.13. The van der Waals surface area contributed by atoms with Crippen LogP contribution in [0.3, 0.4) is 0 Å². The predicted molar refractivity (Wildman–Crippen MR) is 112 cm³/mol. The van der Waals surface area contributed by atoms with Gasteiger partial charge in [0.05, 0.1) is 13.2 Å². The van der Waals surface area contributed by atoms with Gasteiger partial charge >= 0.3 is 5.97 Å². The summed E-state index contributed by atoms with van der Waals surface area (Å²) in [7, 11) is -2.42. The van der Waals surface area contributed by atoms with Gasteiger partial charge in [0.25, 0.3) is 0 Å². The largest absolute Gasteiger partial charge is 0.462 e. The van der Waals surface area contributed by atoms with Crippen LogP contribution in [0.2, 0.25) is 0 Å². The van der Waals surface area contributed by atoms with E-state index in [2.05, 4.69) is 4.72 Å². The highest BCUT2D eigenvalue weighted by atomic mass is 32.2. The second-order valence-corrected chi connectivity index (χ2v) is 9.02. The van der Waals surface area contributed by atoms with Gasteiger partial charge < -0.3 is 14.2 Å². The number of nitrogens with zero attached hydrogens (tertiary/aromatic N) is 2. The molecule has 162 valence electrons. The molecule has 0 atom stereocenters. The summed E-state index contributed by atoms with van der Waals surface area (Å²) in [5.41, 5.74) is 3.17. The van der Waals surface area contributed by atoms with Gasteiger partial charge in [-0.05, 0) is 38.3 Å². The molecule has 3 rings (SSSR count). The number of carbonyl (C=O) groups excluding carboxylic acids is 2. The van der Waals surface area contributed by atoms with Gasteiger partial charge in [0.2, 0.25) is 15.9 Å². The van der Waals surface area contributed by atoms with E-state index in [1.807, 2.05) is 24.3 Å². The van der Waals surface area contributed by atoms with Crippen molar-refractivity contribution in [2.24, 2.45) is 7.05 Å². The van der Waals surface area contributed by atoms with Crippen LogP contribution in [-0.4, -0.2) is 49.5 Å². The number of benzene rings is 1. The summed E-state index contributed by atoms with van der Waals surface area (Å²) in [5.74, 6) is -1.01. The lowest BCUT2D eigenvalue weighted by atomic mass is 10.00. The average Bonchev–Trinajstić information content (AvgIpc) is 2.96. The van der Waals surface area contributed by atoms with Crippen LogP contribution in [0.5, 0.6) is 0 Å². The molecular weight excluding hydrogens is 406 g/mol. The van der Waals surface area contributed by atoms with Crippen molar-refractivity contribution < 1.29 is 22.7 Å². The highest BCUT2D eigenvalue weighted by molar-refractivity contribution is 7.89. The Bertz CT molecular complexity index is 1090. The quantitative estimate of drug-likeness (QED) is 0.699. The van der Waals surface area contributed by atoms with Gasteiger partial charge in [0.1, 0.15) is 10.5 Å². The Morgan fingerprint density at radius 1 is 1.13 bits per heavy atom. The monoisotopic (exact) mass is 433 g/mol. The van der Waals surface area contributed by atoms with E-state index in [-0.39, 0.29) is 29.5 Å². The molecule has 0 saturated carbocycles. The molecule has 1 aliphatic heterocycles. The van der Waals surface area contributed by atoms with E-state index in [0.29, 0.717) is 24.5 Å². The zero-order valence-corrected chi connectivity index (χ0v) is 18.5. The van der Waals surface area contributed by atoms with Crippen molar-refractivity contribution >= 4 is 21.9 Å². The molecule has 1 aliphatic rings. The van der Waals surface area contributed by atoms with Gasteiger partial charge in [0, 0.05) is 31.5 Å². The molecule has 1 N–H and O–H groups in total. The van der Waals surface area contributed by atoms with E-state index in [1.54, 1.807) is 37.3 Å². The van der Waals surface area contributed by atoms with Crippen LogP contribution in [0.1, 0.15) is 39.8 Å². The molecule has 2 heterocycles. The first kappa shape index (κ1) is 22.0. The standard InChI is InChI=1S/C21H27N3O5S/c1-5-29-21(26)19-14(2)23(4)15(3)20(19)30(27,28)22-12-18(25)24-11-10-16-8-6-7-9-17(16)13-24/h6-9,22H,5,10-13H2,1-4H3. The summed E-state index contributed by atoms with van der Waals surface area (Å²) >= 11 is 0. The van der Waals surface area contributed by atoms with Crippen molar-refractivity contribution in [2.45, 2.75) is 38.6 Å². The molecule has 0 aliphatic carbocycles. The number of hydrogen-bond acceptors (Lipinski definition) is 5. The average molecular weight is 434 g/mol. The zero-order valence-electron chi connectivity index (χ0n) is 17.7. The lowest BCUT2D eigenvalue weighted by molar-refractivity contribution is -0.130. The number of rotatable bonds is 6. The number of amides is 1. The van der Waals surface area contributed by atoms with Gasteiger partial charge in [0.15, 0.2) is 0 Å². The Morgan fingerprint density at radius 3 is 2.47 bits per heavy atom. The van der Waals surface area contributed by atoms with Gasteiger partial charge in [-0.2, -0.15) is 0 Å². The van der Waals surface area contributed by atoms with Crippen LogP contribution in [-0.2, 0) is 39.6 Å². The normalized spacial score (nSPS) is 13.8. The Morgan fingerprint density at radius 2 is 1.80 bits per heavy atom. The van der Waals surface area contributed by atoms with Crippen molar-refractivity contribution in [1.29, 1.82) is 0 Å². The molecule has 0 fully saturated rings. The van der Waals surface area contributed by atoms with E-state index >= 15 is 0 Å². The summed E-state index contributed by atoms with van der Waals surface area (Å²) in [6.07, 6.45) is 0.735. The molecule has 1 amide bonds. The fraction of sp³-hybridized carbons (Fsp3) is 0.429. The summed E-state index contributed by atoms with van der Waals surface area (Å²) in [6, 6.07) is 7.90. The van der Waals surface area contributed by atoms with Gasteiger partial charge in [-0.1, -0.05) is 24.3 Å². The molecule has 0 saturated heterocycles. The van der Waals surface area contributed by atoms with Crippen molar-refractivity contribution in [1.82, 2.24) is 14.2 Å². The van der Waals surface area contributed by atoms with E-state index < -0.39 is 16.0 Å². The van der Waals surface area contributed by atoms with Crippen LogP contribution in [0, 0.1) is 13.8 Å². The second kappa shape index (κ2) is 8.61. The van der Waals surface area contributed by atoms with E-state index in [9.17, 15) is 18.0 Å². The topological polar surface area (TPSA) is 97.7 Å². The summed E-state index contributed by atoms with van der Waals surface area (Å²) in [5, 5.41) is 0. The smallest absolute Gasteiger partial charge is 0.341 e. The Kier molecular flexibility index (Phi) is 6.33. The molecule has 8 nitrogen and oxygen atoms in total. The number of nitrogens with one attached hydrogen (secondary N) is 1. The maximum atomic E-state index is 13.0. The molecule has 1 aromatic carbocycles. The number of ether oxygens (including phenoxy) is 1. The number of fused-ring (bicyclic) bond motifs is 1. The number of hydrogen-bond donors (Lipinski definition) is 1. The molecule has 0 bridgehead atoms. The number of esters is 1. The minimum atomic E-state index is -4.10. The molecule has 0 spiro atoms. The minimum absolute atomic E-state index is 0.00342. The SMILES string of the molecule is CCOC(=O)c1c(S(=O)(=O)NCC(=O)N2CCc3ccccc3C2)c(C)n(C)c1C. The molecule has 0 unspecified atom stereocenters. The van der Waals surface area contributed by atoms with Crippen LogP contribution >= 0.6 is 0 Å². The first-order chi connectivity index (χ1) is 14.2. The lowest BCUT2D eigenvalue weighted by Crippen LogP contribution is -2.42. The molecule has 9 heteroatoms. The molecule has 30 heavy (non-hydrogen) atoms. The van der Waals surface area contributed by atoms with E-state index in [4.69, 9.17) is 4.74 Å². The summed E-state index contributed by atoms with van der Waals surface area (Å²) in [4.78, 5) is 26.6. The highest BCUT2D eigenvalue weighted by Crippen LogP contribution is 2.27. The fourth-order valence-electron chi connectivity index (χ4n) is 3.74. The maximum absolute atomic E-state index is 13.0. The number of sulfonamides is 1. The summed E-state index contributed by atoms with van der Waals surface area (Å²) in [6.45, 7) is 5.69.